The van der Waals surface area contributed by atoms with E-state index in [-0.39, 0.29) is 0 Å². The van der Waals surface area contributed by atoms with Crippen LogP contribution in [0.3, 0.4) is 0 Å². The molecule has 1 heterocycles. The lowest BCUT2D eigenvalue weighted by Crippen LogP contribution is -1.97. The van der Waals surface area contributed by atoms with Crippen LogP contribution in [-0.4, -0.2) is 9.97 Å². The molecule has 0 saturated carbocycles. The van der Waals surface area contributed by atoms with Crippen molar-refractivity contribution in [1.82, 2.24) is 9.97 Å². The average Bonchev–Trinajstić information content (AvgIpc) is 2.80. The van der Waals surface area contributed by atoms with Crippen LogP contribution in [0.25, 0.3) is 11.0 Å². The van der Waals surface area contributed by atoms with Gasteiger partial charge in [-0.25, -0.2) is 4.98 Å². The van der Waals surface area contributed by atoms with Crippen molar-refractivity contribution in [3.05, 3.63) is 58.4 Å². The Morgan fingerprint density at radius 3 is 2.85 bits per heavy atom. The summed E-state index contributed by atoms with van der Waals surface area (Å²) in [4.78, 5) is 7.87. The number of aryl methyl sites for hydroxylation is 2. The van der Waals surface area contributed by atoms with Crippen molar-refractivity contribution in [2.45, 2.75) is 20.5 Å². The molecule has 0 saturated heterocycles. The van der Waals surface area contributed by atoms with Crippen LogP contribution in [-0.2, 0) is 6.61 Å². The number of imidazole rings is 1. The minimum absolute atomic E-state index is 0.396. The topological polar surface area (TPSA) is 37.9 Å². The molecular weight excluding hydrogens is 272 g/mol. The summed E-state index contributed by atoms with van der Waals surface area (Å²) in [7, 11) is 0. The fourth-order valence-electron chi connectivity index (χ4n) is 2.30. The molecule has 0 bridgehead atoms. The number of ether oxygens (including phenoxy) is 1. The van der Waals surface area contributed by atoms with Gasteiger partial charge in [0.1, 0.15) is 18.2 Å². The molecule has 3 aromatic rings. The Labute approximate surface area is 122 Å². The third-order valence-corrected chi connectivity index (χ3v) is 3.38. The van der Waals surface area contributed by atoms with Crippen LogP contribution in [0.1, 0.15) is 17.0 Å². The molecule has 2 aromatic carbocycles. The van der Waals surface area contributed by atoms with Gasteiger partial charge in [0.25, 0.3) is 0 Å². The van der Waals surface area contributed by atoms with Crippen LogP contribution in [0.15, 0.2) is 36.4 Å². The molecule has 3 nitrogen and oxygen atoms in total. The number of rotatable bonds is 3. The van der Waals surface area contributed by atoms with E-state index in [9.17, 15) is 0 Å². The van der Waals surface area contributed by atoms with Crippen LogP contribution in [0.2, 0.25) is 5.02 Å². The molecule has 0 amide bonds. The van der Waals surface area contributed by atoms with Crippen LogP contribution in [0.4, 0.5) is 0 Å². The van der Waals surface area contributed by atoms with E-state index < -0.39 is 0 Å². The molecule has 3 rings (SSSR count). The Kier molecular flexibility index (Phi) is 3.36. The summed E-state index contributed by atoms with van der Waals surface area (Å²) in [5.41, 5.74) is 4.44. The smallest absolute Gasteiger partial charge is 0.146 e. The molecule has 1 aromatic heterocycles. The van der Waals surface area contributed by atoms with Gasteiger partial charge in [0.2, 0.25) is 0 Å². The molecule has 0 atom stereocenters. The first-order chi connectivity index (χ1) is 9.61. The van der Waals surface area contributed by atoms with E-state index >= 15 is 0 Å². The van der Waals surface area contributed by atoms with E-state index in [1.54, 1.807) is 6.07 Å². The van der Waals surface area contributed by atoms with Crippen molar-refractivity contribution >= 4 is 22.6 Å². The predicted molar refractivity (Wildman–Crippen MR) is 81.4 cm³/mol. The minimum Gasteiger partial charge on any atom is -0.486 e. The Hall–Kier alpha value is -2.00. The lowest BCUT2D eigenvalue weighted by molar-refractivity contribution is 0.297. The van der Waals surface area contributed by atoms with E-state index in [1.807, 2.05) is 18.2 Å². The highest BCUT2D eigenvalue weighted by Crippen LogP contribution is 2.20. The summed E-state index contributed by atoms with van der Waals surface area (Å²) in [6.07, 6.45) is 0. The van der Waals surface area contributed by atoms with Crippen molar-refractivity contribution in [3.8, 4) is 5.75 Å². The highest BCUT2D eigenvalue weighted by Gasteiger charge is 2.06. The lowest BCUT2D eigenvalue weighted by atomic mass is 10.1. The quantitative estimate of drug-likeness (QED) is 0.774. The minimum atomic E-state index is 0.396. The fourth-order valence-corrected chi connectivity index (χ4v) is 2.48. The number of nitrogens with zero attached hydrogens (tertiary/aromatic N) is 1. The van der Waals surface area contributed by atoms with Gasteiger partial charge in [-0.3, -0.25) is 0 Å². The standard InChI is InChI=1S/C16H15ClN2O/c1-10-6-11(2)16-14(7-10)18-15(19-16)9-20-13-5-3-4-12(17)8-13/h3-8H,9H2,1-2H3,(H,18,19). The third-order valence-electron chi connectivity index (χ3n) is 3.14. The number of H-pyrrole nitrogens is 1. The molecular formula is C16H15ClN2O. The Balaban J connectivity index is 1.83. The fraction of sp³-hybridized carbons (Fsp3) is 0.188. The monoisotopic (exact) mass is 286 g/mol. The van der Waals surface area contributed by atoms with Crippen molar-refractivity contribution in [2.75, 3.05) is 0 Å². The van der Waals surface area contributed by atoms with Gasteiger partial charge in [0, 0.05) is 5.02 Å². The first kappa shape index (κ1) is 13.0. The van der Waals surface area contributed by atoms with Gasteiger partial charge in [-0.05, 0) is 49.2 Å². The summed E-state index contributed by atoms with van der Waals surface area (Å²) in [6.45, 7) is 4.54. The van der Waals surface area contributed by atoms with Crippen LogP contribution in [0, 0.1) is 13.8 Å². The molecule has 102 valence electrons. The number of aromatic nitrogens is 2. The maximum absolute atomic E-state index is 5.93. The Morgan fingerprint density at radius 2 is 2.05 bits per heavy atom. The Bertz CT molecular complexity index is 764. The van der Waals surface area contributed by atoms with Crippen molar-refractivity contribution in [1.29, 1.82) is 0 Å². The number of hydrogen-bond donors (Lipinski definition) is 1. The summed E-state index contributed by atoms with van der Waals surface area (Å²) in [5.74, 6) is 1.56. The van der Waals surface area contributed by atoms with Gasteiger partial charge in [-0.1, -0.05) is 23.7 Å². The lowest BCUT2D eigenvalue weighted by Gasteiger charge is -2.03. The number of benzene rings is 2. The van der Waals surface area contributed by atoms with Gasteiger partial charge in [0.05, 0.1) is 11.0 Å². The van der Waals surface area contributed by atoms with E-state index in [4.69, 9.17) is 16.3 Å². The molecule has 20 heavy (non-hydrogen) atoms. The van der Waals surface area contributed by atoms with E-state index in [1.165, 1.54) is 11.1 Å². The number of fused-ring (bicyclic) bond motifs is 1. The molecule has 0 unspecified atom stereocenters. The van der Waals surface area contributed by atoms with E-state index in [2.05, 4.69) is 35.9 Å². The summed E-state index contributed by atoms with van der Waals surface area (Å²) >= 11 is 5.93. The van der Waals surface area contributed by atoms with E-state index in [0.717, 1.165) is 22.6 Å². The van der Waals surface area contributed by atoms with Crippen LogP contribution < -0.4 is 4.74 Å². The van der Waals surface area contributed by atoms with Gasteiger partial charge >= 0.3 is 0 Å². The first-order valence-corrected chi connectivity index (χ1v) is 6.84. The maximum Gasteiger partial charge on any atom is 0.146 e. The molecule has 0 aliphatic heterocycles. The van der Waals surface area contributed by atoms with Crippen molar-refractivity contribution in [3.63, 3.8) is 0 Å². The second kappa shape index (κ2) is 5.17. The number of aromatic amines is 1. The highest BCUT2D eigenvalue weighted by atomic mass is 35.5. The molecule has 0 spiro atoms. The average molecular weight is 287 g/mol. The van der Waals surface area contributed by atoms with Crippen LogP contribution in [0.5, 0.6) is 5.75 Å². The number of nitrogens with one attached hydrogen (secondary N) is 1. The summed E-state index contributed by atoms with van der Waals surface area (Å²) < 4.78 is 5.69. The summed E-state index contributed by atoms with van der Waals surface area (Å²) in [5, 5.41) is 0.665. The van der Waals surface area contributed by atoms with Gasteiger partial charge in [-0.15, -0.1) is 0 Å². The van der Waals surface area contributed by atoms with Crippen molar-refractivity contribution in [2.24, 2.45) is 0 Å². The SMILES string of the molecule is Cc1cc(C)c2nc(COc3cccc(Cl)c3)[nH]c2c1. The molecule has 0 aliphatic carbocycles. The number of halogens is 1. The zero-order valence-electron chi connectivity index (χ0n) is 11.4. The van der Waals surface area contributed by atoms with E-state index in [0.29, 0.717) is 11.6 Å². The normalized spacial score (nSPS) is 10.9. The Morgan fingerprint density at radius 1 is 1.20 bits per heavy atom. The predicted octanol–water partition coefficient (Wildman–Crippen LogP) is 4.41. The molecule has 0 aliphatic rings. The molecule has 4 heteroatoms. The highest BCUT2D eigenvalue weighted by molar-refractivity contribution is 6.30. The largest absolute Gasteiger partial charge is 0.486 e. The third kappa shape index (κ3) is 2.63. The zero-order valence-corrected chi connectivity index (χ0v) is 12.2. The molecule has 1 N–H and O–H groups in total. The molecule has 0 radical (unpaired) electrons. The summed E-state index contributed by atoms with van der Waals surface area (Å²) in [6, 6.07) is 11.6. The second-order valence-electron chi connectivity index (χ2n) is 4.91. The molecule has 0 fully saturated rings. The number of hydrogen-bond acceptors (Lipinski definition) is 2. The first-order valence-electron chi connectivity index (χ1n) is 6.46. The maximum atomic E-state index is 5.93. The van der Waals surface area contributed by atoms with Crippen molar-refractivity contribution < 1.29 is 4.74 Å². The zero-order chi connectivity index (χ0) is 14.1. The second-order valence-corrected chi connectivity index (χ2v) is 5.34. The van der Waals surface area contributed by atoms with Gasteiger partial charge in [0.15, 0.2) is 0 Å². The van der Waals surface area contributed by atoms with Crippen LogP contribution >= 0.6 is 11.6 Å². The van der Waals surface area contributed by atoms with Gasteiger partial charge in [-0.2, -0.15) is 0 Å². The van der Waals surface area contributed by atoms with Gasteiger partial charge < -0.3 is 9.72 Å².